The maximum Gasteiger partial charge on any atom is 0.123 e. The molecule has 2 N–H and O–H groups in total. The van der Waals surface area contributed by atoms with Crippen molar-refractivity contribution in [3.8, 4) is 5.75 Å². The molecule has 1 aromatic rings. The maximum atomic E-state index is 6.20. The van der Waals surface area contributed by atoms with E-state index in [2.05, 4.69) is 32.9 Å². The average molecular weight is 207 g/mol. The van der Waals surface area contributed by atoms with E-state index >= 15 is 0 Å². The van der Waals surface area contributed by atoms with Gasteiger partial charge in [-0.15, -0.1) is 0 Å². The largest absolute Gasteiger partial charge is 0.496 e. The van der Waals surface area contributed by atoms with Crippen LogP contribution < -0.4 is 10.5 Å². The molecular weight excluding hydrogens is 186 g/mol. The van der Waals surface area contributed by atoms with Crippen molar-refractivity contribution < 1.29 is 4.74 Å². The summed E-state index contributed by atoms with van der Waals surface area (Å²) in [7, 11) is 1.70. The molecule has 0 heterocycles. The van der Waals surface area contributed by atoms with E-state index in [1.54, 1.807) is 7.11 Å². The van der Waals surface area contributed by atoms with Crippen molar-refractivity contribution >= 4 is 0 Å². The van der Waals surface area contributed by atoms with E-state index in [4.69, 9.17) is 10.5 Å². The standard InChI is InChI=1S/C13H21NO/c1-5-10(3)13(14)11-7-6-9(2)8-12(11)15-4/h6-8,10,13H,5,14H2,1-4H3. The van der Waals surface area contributed by atoms with Crippen LogP contribution in [0, 0.1) is 12.8 Å². The first-order chi connectivity index (χ1) is 7.10. The smallest absolute Gasteiger partial charge is 0.123 e. The van der Waals surface area contributed by atoms with Crippen LogP contribution in [0.15, 0.2) is 18.2 Å². The van der Waals surface area contributed by atoms with Crippen LogP contribution in [-0.4, -0.2) is 7.11 Å². The van der Waals surface area contributed by atoms with Crippen molar-refractivity contribution in [2.75, 3.05) is 7.11 Å². The molecule has 1 aromatic carbocycles. The Hall–Kier alpha value is -1.02. The van der Waals surface area contributed by atoms with Gasteiger partial charge in [-0.05, 0) is 24.5 Å². The summed E-state index contributed by atoms with van der Waals surface area (Å²) in [4.78, 5) is 0. The fraction of sp³-hybridized carbons (Fsp3) is 0.538. The summed E-state index contributed by atoms with van der Waals surface area (Å²) in [5, 5.41) is 0. The van der Waals surface area contributed by atoms with Crippen molar-refractivity contribution in [3.05, 3.63) is 29.3 Å². The van der Waals surface area contributed by atoms with Crippen LogP contribution >= 0.6 is 0 Å². The van der Waals surface area contributed by atoms with Crippen molar-refractivity contribution in [2.45, 2.75) is 33.2 Å². The molecular formula is C13H21NO. The number of hydrogen-bond acceptors (Lipinski definition) is 2. The lowest BCUT2D eigenvalue weighted by atomic mass is 9.92. The number of ether oxygens (including phenoxy) is 1. The molecule has 0 radical (unpaired) electrons. The second kappa shape index (κ2) is 5.17. The Bertz CT molecular complexity index is 322. The van der Waals surface area contributed by atoms with Crippen LogP contribution in [0.1, 0.15) is 37.4 Å². The summed E-state index contributed by atoms with van der Waals surface area (Å²) in [5.41, 5.74) is 8.51. The van der Waals surface area contributed by atoms with Gasteiger partial charge in [-0.25, -0.2) is 0 Å². The Kier molecular flexibility index (Phi) is 4.15. The molecule has 15 heavy (non-hydrogen) atoms. The second-order valence-corrected chi connectivity index (χ2v) is 4.16. The molecule has 0 aliphatic heterocycles. The van der Waals surface area contributed by atoms with Crippen molar-refractivity contribution in [2.24, 2.45) is 11.7 Å². The average Bonchev–Trinajstić information content (AvgIpc) is 2.26. The molecule has 0 saturated heterocycles. The summed E-state index contributed by atoms with van der Waals surface area (Å²) in [5.74, 6) is 1.38. The van der Waals surface area contributed by atoms with Gasteiger partial charge in [0.05, 0.1) is 7.11 Å². The molecule has 0 fully saturated rings. The Labute approximate surface area is 92.4 Å². The third kappa shape index (κ3) is 2.72. The van der Waals surface area contributed by atoms with Gasteiger partial charge < -0.3 is 10.5 Å². The quantitative estimate of drug-likeness (QED) is 0.823. The first-order valence-corrected chi connectivity index (χ1v) is 5.50. The number of aryl methyl sites for hydroxylation is 1. The Morgan fingerprint density at radius 2 is 2.07 bits per heavy atom. The molecule has 0 saturated carbocycles. The van der Waals surface area contributed by atoms with Gasteiger partial charge in [-0.2, -0.15) is 0 Å². The lowest BCUT2D eigenvalue weighted by Crippen LogP contribution is -2.19. The van der Waals surface area contributed by atoms with Crippen LogP contribution in [0.3, 0.4) is 0 Å². The zero-order valence-electron chi connectivity index (χ0n) is 10.1. The first kappa shape index (κ1) is 12.1. The minimum Gasteiger partial charge on any atom is -0.496 e. The molecule has 0 aromatic heterocycles. The van der Waals surface area contributed by atoms with Crippen LogP contribution in [0.5, 0.6) is 5.75 Å². The highest BCUT2D eigenvalue weighted by molar-refractivity contribution is 5.39. The highest BCUT2D eigenvalue weighted by Gasteiger charge is 2.16. The number of benzene rings is 1. The molecule has 0 amide bonds. The lowest BCUT2D eigenvalue weighted by Gasteiger charge is -2.21. The van der Waals surface area contributed by atoms with Gasteiger partial charge in [0, 0.05) is 11.6 Å². The normalized spacial score (nSPS) is 14.7. The first-order valence-electron chi connectivity index (χ1n) is 5.50. The summed E-state index contributed by atoms with van der Waals surface area (Å²) in [6.07, 6.45) is 1.08. The third-order valence-corrected chi connectivity index (χ3v) is 3.01. The summed E-state index contributed by atoms with van der Waals surface area (Å²) >= 11 is 0. The summed E-state index contributed by atoms with van der Waals surface area (Å²) in [6, 6.07) is 6.26. The fourth-order valence-electron chi connectivity index (χ4n) is 1.65. The molecule has 2 atom stereocenters. The van der Waals surface area contributed by atoms with Crippen molar-refractivity contribution in [3.63, 3.8) is 0 Å². The lowest BCUT2D eigenvalue weighted by molar-refractivity contribution is 0.388. The number of nitrogens with two attached hydrogens (primary N) is 1. The zero-order valence-corrected chi connectivity index (χ0v) is 10.1. The fourth-order valence-corrected chi connectivity index (χ4v) is 1.65. The van der Waals surface area contributed by atoms with E-state index < -0.39 is 0 Å². The maximum absolute atomic E-state index is 6.20. The Morgan fingerprint density at radius 3 is 2.60 bits per heavy atom. The molecule has 0 bridgehead atoms. The van der Waals surface area contributed by atoms with E-state index in [0.29, 0.717) is 5.92 Å². The predicted molar refractivity (Wildman–Crippen MR) is 64.1 cm³/mol. The molecule has 0 spiro atoms. The van der Waals surface area contributed by atoms with E-state index in [0.717, 1.165) is 17.7 Å². The molecule has 2 nitrogen and oxygen atoms in total. The third-order valence-electron chi connectivity index (χ3n) is 3.01. The molecule has 1 rings (SSSR count). The molecule has 0 aliphatic rings. The van der Waals surface area contributed by atoms with Crippen molar-refractivity contribution in [1.29, 1.82) is 0 Å². The van der Waals surface area contributed by atoms with E-state index in [9.17, 15) is 0 Å². The number of rotatable bonds is 4. The van der Waals surface area contributed by atoms with Gasteiger partial charge in [0.25, 0.3) is 0 Å². The summed E-state index contributed by atoms with van der Waals surface area (Å²) in [6.45, 7) is 6.39. The van der Waals surface area contributed by atoms with Crippen molar-refractivity contribution in [1.82, 2.24) is 0 Å². The van der Waals surface area contributed by atoms with E-state index in [-0.39, 0.29) is 6.04 Å². The van der Waals surface area contributed by atoms with Crippen LogP contribution in [0.4, 0.5) is 0 Å². The molecule has 2 unspecified atom stereocenters. The van der Waals surface area contributed by atoms with Gasteiger partial charge in [0.2, 0.25) is 0 Å². The monoisotopic (exact) mass is 207 g/mol. The summed E-state index contributed by atoms with van der Waals surface area (Å²) < 4.78 is 5.36. The van der Waals surface area contributed by atoms with Gasteiger partial charge in [-0.3, -0.25) is 0 Å². The van der Waals surface area contributed by atoms with Gasteiger partial charge in [0.15, 0.2) is 0 Å². The van der Waals surface area contributed by atoms with Gasteiger partial charge in [-0.1, -0.05) is 32.4 Å². The second-order valence-electron chi connectivity index (χ2n) is 4.16. The minimum absolute atomic E-state index is 0.0607. The van der Waals surface area contributed by atoms with E-state index in [1.807, 2.05) is 6.07 Å². The topological polar surface area (TPSA) is 35.2 Å². The van der Waals surface area contributed by atoms with Crippen LogP contribution in [0.25, 0.3) is 0 Å². The van der Waals surface area contributed by atoms with Crippen LogP contribution in [-0.2, 0) is 0 Å². The Morgan fingerprint density at radius 1 is 1.40 bits per heavy atom. The zero-order chi connectivity index (χ0) is 11.4. The number of methoxy groups -OCH3 is 1. The SMILES string of the molecule is CCC(C)C(N)c1ccc(C)cc1OC. The minimum atomic E-state index is 0.0607. The number of hydrogen-bond donors (Lipinski definition) is 1. The van der Waals surface area contributed by atoms with Gasteiger partial charge >= 0.3 is 0 Å². The highest BCUT2D eigenvalue weighted by Crippen LogP contribution is 2.30. The van der Waals surface area contributed by atoms with E-state index in [1.165, 1.54) is 5.56 Å². The van der Waals surface area contributed by atoms with Crippen LogP contribution in [0.2, 0.25) is 0 Å². The highest BCUT2D eigenvalue weighted by atomic mass is 16.5. The molecule has 2 heteroatoms. The molecule has 0 aliphatic carbocycles. The molecule has 84 valence electrons. The Balaban J connectivity index is 3.02. The predicted octanol–water partition coefficient (Wildman–Crippen LogP) is 3.05. The van der Waals surface area contributed by atoms with Gasteiger partial charge in [0.1, 0.15) is 5.75 Å².